The summed E-state index contributed by atoms with van der Waals surface area (Å²) in [4.78, 5) is 25.4. The Morgan fingerprint density at radius 2 is 2.15 bits per heavy atom. The van der Waals surface area contributed by atoms with E-state index in [2.05, 4.69) is 0 Å². The highest BCUT2D eigenvalue weighted by Gasteiger charge is 2.07. The largest absolute Gasteiger partial charge is 0.379 e. The zero-order chi connectivity index (χ0) is 9.68. The van der Waals surface area contributed by atoms with Gasteiger partial charge in [0, 0.05) is 0 Å². The zero-order valence-corrected chi connectivity index (χ0v) is 6.69. The van der Waals surface area contributed by atoms with Crippen LogP contribution in [-0.2, 0) is 4.79 Å². The molecule has 5 heteroatoms. The second-order valence-corrected chi connectivity index (χ2v) is 2.20. The number of nitrogens with two attached hydrogens (primary N) is 1. The third-order valence-electron chi connectivity index (χ3n) is 1.37. The van der Waals surface area contributed by atoms with Crippen LogP contribution >= 0.6 is 0 Å². The van der Waals surface area contributed by atoms with E-state index in [0.29, 0.717) is 6.41 Å². The van der Waals surface area contributed by atoms with Gasteiger partial charge in [0.05, 0.1) is 5.56 Å². The minimum absolute atomic E-state index is 0.219. The van der Waals surface area contributed by atoms with Gasteiger partial charge in [0.15, 0.2) is 5.75 Å². The summed E-state index contributed by atoms with van der Waals surface area (Å²) in [5.41, 5.74) is 7.24. The molecule has 5 nitrogen and oxygen atoms in total. The Morgan fingerprint density at radius 1 is 1.46 bits per heavy atom. The van der Waals surface area contributed by atoms with Gasteiger partial charge in [-0.1, -0.05) is 12.1 Å². The first-order chi connectivity index (χ1) is 6.25. The van der Waals surface area contributed by atoms with Gasteiger partial charge in [-0.3, -0.25) is 9.59 Å². The molecular formula is C8H8N2O3. The number of benzene rings is 1. The number of hydrogen-bond donors (Lipinski definition) is 2. The van der Waals surface area contributed by atoms with E-state index in [0.717, 1.165) is 0 Å². The van der Waals surface area contributed by atoms with Crippen molar-refractivity contribution in [3.8, 4) is 5.75 Å². The lowest BCUT2D eigenvalue weighted by Gasteiger charge is -2.05. The molecule has 0 radical (unpaired) electrons. The summed E-state index contributed by atoms with van der Waals surface area (Å²) < 4.78 is 0. The van der Waals surface area contributed by atoms with Crippen LogP contribution in [0.15, 0.2) is 24.3 Å². The number of amides is 2. The molecular weight excluding hydrogens is 172 g/mol. The molecule has 1 aromatic rings. The van der Waals surface area contributed by atoms with Gasteiger partial charge in [-0.25, -0.2) is 0 Å². The Balaban J connectivity index is 2.90. The fourth-order valence-corrected chi connectivity index (χ4v) is 0.847. The van der Waals surface area contributed by atoms with E-state index in [9.17, 15) is 9.59 Å². The average molecular weight is 180 g/mol. The van der Waals surface area contributed by atoms with Gasteiger partial charge in [0.1, 0.15) is 0 Å². The van der Waals surface area contributed by atoms with Gasteiger partial charge in [-0.2, -0.15) is 5.48 Å². The lowest BCUT2D eigenvalue weighted by Crippen LogP contribution is -2.19. The van der Waals surface area contributed by atoms with Crippen LogP contribution in [-0.4, -0.2) is 12.3 Å². The molecule has 2 amide bonds. The minimum atomic E-state index is -0.608. The van der Waals surface area contributed by atoms with E-state index in [1.165, 1.54) is 12.1 Å². The van der Waals surface area contributed by atoms with Crippen LogP contribution in [0.1, 0.15) is 10.4 Å². The van der Waals surface area contributed by atoms with E-state index in [1.807, 2.05) is 5.48 Å². The van der Waals surface area contributed by atoms with Crippen LogP contribution in [0.3, 0.4) is 0 Å². The normalized spacial score (nSPS) is 8.92. The molecule has 0 unspecified atom stereocenters. The fraction of sp³-hybridized carbons (Fsp3) is 0. The molecule has 1 rings (SSSR count). The number of rotatable bonds is 4. The summed E-state index contributed by atoms with van der Waals surface area (Å²) in [6, 6.07) is 6.34. The minimum Gasteiger partial charge on any atom is -0.379 e. The highest BCUT2D eigenvalue weighted by Crippen LogP contribution is 2.15. The summed E-state index contributed by atoms with van der Waals surface area (Å²) in [6.45, 7) is 0. The quantitative estimate of drug-likeness (QED) is 0.498. The van der Waals surface area contributed by atoms with Crippen LogP contribution in [0, 0.1) is 0 Å². The Hall–Kier alpha value is -2.04. The van der Waals surface area contributed by atoms with Crippen LogP contribution in [0.2, 0.25) is 0 Å². The molecule has 0 saturated carbocycles. The molecule has 0 heterocycles. The maximum atomic E-state index is 10.8. The number of carbonyl (C=O) groups is 2. The summed E-state index contributed by atoms with van der Waals surface area (Å²) in [5, 5.41) is 0. The molecule has 13 heavy (non-hydrogen) atoms. The van der Waals surface area contributed by atoms with E-state index in [1.54, 1.807) is 12.1 Å². The van der Waals surface area contributed by atoms with Crippen molar-refractivity contribution < 1.29 is 14.4 Å². The van der Waals surface area contributed by atoms with Gasteiger partial charge in [0.2, 0.25) is 6.41 Å². The molecule has 0 atom stereocenters. The molecule has 68 valence electrons. The summed E-state index contributed by atoms with van der Waals surface area (Å²) in [5.74, 6) is -0.384. The maximum Gasteiger partial charge on any atom is 0.252 e. The predicted molar refractivity (Wildman–Crippen MR) is 44.8 cm³/mol. The highest BCUT2D eigenvalue weighted by atomic mass is 16.7. The van der Waals surface area contributed by atoms with E-state index >= 15 is 0 Å². The second-order valence-electron chi connectivity index (χ2n) is 2.20. The van der Waals surface area contributed by atoms with Crippen molar-refractivity contribution >= 4 is 12.3 Å². The lowest BCUT2D eigenvalue weighted by molar-refractivity contribution is -0.115. The summed E-state index contributed by atoms with van der Waals surface area (Å²) in [6.07, 6.45) is 0.359. The Morgan fingerprint density at radius 3 is 2.77 bits per heavy atom. The smallest absolute Gasteiger partial charge is 0.252 e. The lowest BCUT2D eigenvalue weighted by atomic mass is 10.2. The SMILES string of the molecule is NC(=O)c1ccccc1ONC=O. The first-order valence-corrected chi connectivity index (χ1v) is 3.50. The Labute approximate surface area is 74.4 Å². The van der Waals surface area contributed by atoms with Gasteiger partial charge < -0.3 is 10.6 Å². The molecule has 0 saturated heterocycles. The maximum absolute atomic E-state index is 10.8. The molecule has 0 bridgehead atoms. The number of para-hydroxylation sites is 1. The molecule has 0 aliphatic heterocycles. The molecule has 0 aromatic heterocycles. The van der Waals surface area contributed by atoms with Crippen molar-refractivity contribution in [3.63, 3.8) is 0 Å². The summed E-state index contributed by atoms with van der Waals surface area (Å²) >= 11 is 0. The predicted octanol–water partition coefficient (Wildman–Crippen LogP) is -0.175. The van der Waals surface area contributed by atoms with Gasteiger partial charge in [-0.05, 0) is 12.1 Å². The van der Waals surface area contributed by atoms with Crippen molar-refractivity contribution in [2.45, 2.75) is 0 Å². The van der Waals surface area contributed by atoms with Crippen molar-refractivity contribution in [3.05, 3.63) is 29.8 Å². The van der Waals surface area contributed by atoms with Crippen LogP contribution in [0.4, 0.5) is 0 Å². The molecule has 1 aromatic carbocycles. The van der Waals surface area contributed by atoms with Gasteiger partial charge >= 0.3 is 0 Å². The molecule has 3 N–H and O–H groups in total. The third kappa shape index (κ3) is 2.19. The average Bonchev–Trinajstić information content (AvgIpc) is 2.15. The number of primary amides is 1. The number of hydrogen-bond acceptors (Lipinski definition) is 3. The van der Waals surface area contributed by atoms with Crippen LogP contribution in [0.25, 0.3) is 0 Å². The van der Waals surface area contributed by atoms with Gasteiger partial charge in [0.25, 0.3) is 5.91 Å². The van der Waals surface area contributed by atoms with Crippen molar-refractivity contribution in [2.75, 3.05) is 0 Å². The highest BCUT2D eigenvalue weighted by molar-refractivity contribution is 5.95. The first-order valence-electron chi connectivity index (χ1n) is 3.50. The van der Waals surface area contributed by atoms with E-state index in [-0.39, 0.29) is 11.3 Å². The van der Waals surface area contributed by atoms with Crippen molar-refractivity contribution in [2.24, 2.45) is 5.73 Å². The number of nitrogens with one attached hydrogen (secondary N) is 1. The van der Waals surface area contributed by atoms with Gasteiger partial charge in [-0.15, -0.1) is 0 Å². The standard InChI is InChI=1S/C8H8N2O3/c9-8(12)6-3-1-2-4-7(6)13-10-5-11/h1-5H,(H2,9,12)(H,10,11). The fourth-order valence-electron chi connectivity index (χ4n) is 0.847. The van der Waals surface area contributed by atoms with Crippen molar-refractivity contribution in [1.82, 2.24) is 5.48 Å². The molecule has 0 spiro atoms. The monoisotopic (exact) mass is 180 g/mol. The third-order valence-corrected chi connectivity index (χ3v) is 1.37. The van der Waals surface area contributed by atoms with E-state index < -0.39 is 5.91 Å². The number of hydroxylamine groups is 1. The number of carbonyl (C=O) groups excluding carboxylic acids is 2. The Kier molecular flexibility index (Phi) is 2.86. The second kappa shape index (κ2) is 4.10. The summed E-state index contributed by atoms with van der Waals surface area (Å²) in [7, 11) is 0. The molecule has 0 fully saturated rings. The Bertz CT molecular complexity index is 325. The zero-order valence-electron chi connectivity index (χ0n) is 6.69. The molecule has 0 aliphatic rings. The van der Waals surface area contributed by atoms with Crippen LogP contribution < -0.4 is 16.1 Å². The molecule has 0 aliphatic carbocycles. The van der Waals surface area contributed by atoms with Crippen LogP contribution in [0.5, 0.6) is 5.75 Å². The first kappa shape index (κ1) is 9.05. The topological polar surface area (TPSA) is 81.4 Å². The van der Waals surface area contributed by atoms with Crippen molar-refractivity contribution in [1.29, 1.82) is 0 Å². The van der Waals surface area contributed by atoms with E-state index in [4.69, 9.17) is 10.6 Å².